The Morgan fingerprint density at radius 1 is 1.31 bits per heavy atom. The van der Waals surface area contributed by atoms with Crippen molar-refractivity contribution in [1.82, 2.24) is 15.3 Å². The van der Waals surface area contributed by atoms with Crippen molar-refractivity contribution in [2.24, 2.45) is 5.92 Å². The van der Waals surface area contributed by atoms with E-state index >= 15 is 0 Å². The number of aromatic nitrogens is 2. The molecule has 0 aliphatic rings. The summed E-state index contributed by atoms with van der Waals surface area (Å²) in [5.74, 6) is 0.994. The highest BCUT2D eigenvalue weighted by Crippen LogP contribution is 2.25. The van der Waals surface area contributed by atoms with Crippen LogP contribution >= 0.6 is 0 Å². The number of nitrogens with zero attached hydrogens (tertiary/aromatic N) is 2. The zero-order valence-electron chi connectivity index (χ0n) is 16.0. The maximum atomic E-state index is 11.1. The van der Waals surface area contributed by atoms with Crippen LogP contribution in [0.4, 0.5) is 4.79 Å². The van der Waals surface area contributed by atoms with Crippen LogP contribution in [0.2, 0.25) is 0 Å². The molecule has 2 N–H and O–H groups in total. The number of amides is 1. The first-order valence-corrected chi connectivity index (χ1v) is 8.72. The van der Waals surface area contributed by atoms with E-state index in [4.69, 9.17) is 9.84 Å². The van der Waals surface area contributed by atoms with Crippen molar-refractivity contribution in [3.63, 3.8) is 0 Å². The molecule has 140 valence electrons. The molecule has 0 radical (unpaired) electrons. The molecular weight excluding hydrogens is 330 g/mol. The molecule has 6 heteroatoms. The van der Waals surface area contributed by atoms with Gasteiger partial charge < -0.3 is 15.2 Å². The SMILES string of the molecule is Cc1cc(-c2cc(C)c(OCC(C)(CC(C)C)NC(=O)O)cn2)ccn1. The van der Waals surface area contributed by atoms with E-state index in [0.29, 0.717) is 18.1 Å². The molecule has 0 fully saturated rings. The van der Waals surface area contributed by atoms with Crippen LogP contribution in [-0.4, -0.2) is 33.3 Å². The van der Waals surface area contributed by atoms with Crippen molar-refractivity contribution in [3.05, 3.63) is 41.9 Å². The van der Waals surface area contributed by atoms with E-state index in [1.54, 1.807) is 12.4 Å². The van der Waals surface area contributed by atoms with Gasteiger partial charge >= 0.3 is 6.09 Å². The number of aryl methyl sites for hydroxylation is 2. The second-order valence-electron chi connectivity index (χ2n) is 7.40. The third kappa shape index (κ3) is 5.44. The molecule has 0 aliphatic carbocycles. The number of hydrogen-bond acceptors (Lipinski definition) is 4. The molecule has 1 amide bonds. The van der Waals surface area contributed by atoms with Crippen LogP contribution in [0.25, 0.3) is 11.3 Å². The van der Waals surface area contributed by atoms with Gasteiger partial charge in [0.2, 0.25) is 0 Å². The molecule has 0 aromatic carbocycles. The van der Waals surface area contributed by atoms with E-state index < -0.39 is 11.6 Å². The smallest absolute Gasteiger partial charge is 0.405 e. The normalized spacial score (nSPS) is 13.3. The van der Waals surface area contributed by atoms with Gasteiger partial charge in [-0.25, -0.2) is 4.79 Å². The molecule has 2 heterocycles. The fourth-order valence-electron chi connectivity index (χ4n) is 3.10. The highest BCUT2D eigenvalue weighted by Gasteiger charge is 2.28. The zero-order valence-corrected chi connectivity index (χ0v) is 16.0. The van der Waals surface area contributed by atoms with Crippen molar-refractivity contribution < 1.29 is 14.6 Å². The summed E-state index contributed by atoms with van der Waals surface area (Å²) in [7, 11) is 0. The van der Waals surface area contributed by atoms with E-state index in [-0.39, 0.29) is 6.61 Å². The van der Waals surface area contributed by atoms with Gasteiger partial charge in [0.05, 0.1) is 17.4 Å². The van der Waals surface area contributed by atoms with E-state index in [0.717, 1.165) is 22.5 Å². The largest absolute Gasteiger partial charge is 0.489 e. The predicted molar refractivity (Wildman–Crippen MR) is 101 cm³/mol. The van der Waals surface area contributed by atoms with Crippen molar-refractivity contribution in [3.8, 4) is 17.0 Å². The minimum atomic E-state index is -1.05. The second-order valence-corrected chi connectivity index (χ2v) is 7.40. The number of carbonyl (C=O) groups is 1. The highest BCUT2D eigenvalue weighted by molar-refractivity contribution is 5.65. The van der Waals surface area contributed by atoms with Crippen molar-refractivity contribution in [1.29, 1.82) is 0 Å². The average Bonchev–Trinajstić information content (AvgIpc) is 2.52. The monoisotopic (exact) mass is 357 g/mol. The van der Waals surface area contributed by atoms with Gasteiger partial charge in [0, 0.05) is 17.5 Å². The first-order chi connectivity index (χ1) is 12.2. The van der Waals surface area contributed by atoms with Gasteiger partial charge in [0.1, 0.15) is 12.4 Å². The third-order valence-corrected chi connectivity index (χ3v) is 4.07. The summed E-state index contributed by atoms with van der Waals surface area (Å²) < 4.78 is 5.92. The number of pyridine rings is 2. The molecule has 2 aromatic rings. The lowest BCUT2D eigenvalue weighted by molar-refractivity contribution is 0.142. The van der Waals surface area contributed by atoms with Crippen LogP contribution < -0.4 is 10.1 Å². The maximum Gasteiger partial charge on any atom is 0.405 e. The average molecular weight is 357 g/mol. The Labute approximate surface area is 154 Å². The van der Waals surface area contributed by atoms with Gasteiger partial charge in [-0.05, 0) is 56.9 Å². The number of ether oxygens (including phenoxy) is 1. The highest BCUT2D eigenvalue weighted by atomic mass is 16.5. The molecule has 6 nitrogen and oxygen atoms in total. The van der Waals surface area contributed by atoms with Gasteiger partial charge in [-0.15, -0.1) is 0 Å². The van der Waals surface area contributed by atoms with Gasteiger partial charge in [0.15, 0.2) is 0 Å². The summed E-state index contributed by atoms with van der Waals surface area (Å²) in [6.45, 7) is 10.1. The number of carboxylic acid groups (broad SMARTS) is 1. The van der Waals surface area contributed by atoms with Crippen molar-refractivity contribution >= 4 is 6.09 Å². The minimum absolute atomic E-state index is 0.244. The Morgan fingerprint density at radius 2 is 2.04 bits per heavy atom. The molecule has 0 spiro atoms. The van der Waals surface area contributed by atoms with E-state index in [2.05, 4.69) is 29.1 Å². The molecule has 0 aliphatic heterocycles. The van der Waals surface area contributed by atoms with Gasteiger partial charge in [-0.2, -0.15) is 0 Å². The first-order valence-electron chi connectivity index (χ1n) is 8.72. The molecule has 0 saturated heterocycles. The Bertz CT molecular complexity index is 777. The molecule has 2 aromatic heterocycles. The summed E-state index contributed by atoms with van der Waals surface area (Å²) >= 11 is 0. The lowest BCUT2D eigenvalue weighted by Crippen LogP contribution is -2.50. The number of hydrogen-bond donors (Lipinski definition) is 2. The Morgan fingerprint density at radius 3 is 2.62 bits per heavy atom. The molecule has 1 atom stereocenters. The van der Waals surface area contributed by atoms with Crippen LogP contribution in [0.5, 0.6) is 5.75 Å². The standard InChI is InChI=1S/C20H27N3O3/c1-13(2)10-20(5,23-19(24)25)12-26-18-11-22-17(8-14(18)3)16-6-7-21-15(4)9-16/h6-9,11,13,23H,10,12H2,1-5H3,(H,24,25). The predicted octanol–water partition coefficient (Wildman–Crippen LogP) is 4.21. The minimum Gasteiger partial charge on any atom is -0.489 e. The molecule has 0 bridgehead atoms. The molecule has 0 saturated carbocycles. The first kappa shape index (κ1) is 19.7. The van der Waals surface area contributed by atoms with Gasteiger partial charge in [0.25, 0.3) is 0 Å². The van der Waals surface area contributed by atoms with E-state index in [1.165, 1.54) is 0 Å². The zero-order chi connectivity index (χ0) is 19.3. The Hall–Kier alpha value is -2.63. The van der Waals surface area contributed by atoms with Gasteiger partial charge in [-0.1, -0.05) is 13.8 Å². The fraction of sp³-hybridized carbons (Fsp3) is 0.450. The number of rotatable bonds is 7. The molecule has 2 rings (SSSR count). The quantitative estimate of drug-likeness (QED) is 0.775. The van der Waals surface area contributed by atoms with Crippen LogP contribution in [-0.2, 0) is 0 Å². The Kier molecular flexibility index (Phi) is 6.18. The van der Waals surface area contributed by atoms with Crippen molar-refractivity contribution in [2.45, 2.75) is 46.6 Å². The summed E-state index contributed by atoms with van der Waals surface area (Å²) in [6, 6.07) is 5.87. The summed E-state index contributed by atoms with van der Waals surface area (Å²) in [5, 5.41) is 11.7. The van der Waals surface area contributed by atoms with Gasteiger partial charge in [-0.3, -0.25) is 9.97 Å². The molecule has 1 unspecified atom stereocenters. The van der Waals surface area contributed by atoms with E-state index in [9.17, 15) is 4.79 Å². The van der Waals surface area contributed by atoms with E-state index in [1.807, 2.05) is 39.0 Å². The summed E-state index contributed by atoms with van der Waals surface area (Å²) in [4.78, 5) is 19.8. The fourth-order valence-corrected chi connectivity index (χ4v) is 3.10. The summed E-state index contributed by atoms with van der Waals surface area (Å²) in [6.07, 6.45) is 3.09. The second kappa shape index (κ2) is 8.17. The third-order valence-electron chi connectivity index (χ3n) is 4.07. The van der Waals surface area contributed by atoms with Crippen molar-refractivity contribution in [2.75, 3.05) is 6.61 Å². The van der Waals surface area contributed by atoms with Crippen LogP contribution in [0.3, 0.4) is 0 Å². The lowest BCUT2D eigenvalue weighted by atomic mass is 9.91. The van der Waals surface area contributed by atoms with Crippen LogP contribution in [0.1, 0.15) is 38.4 Å². The van der Waals surface area contributed by atoms with Crippen LogP contribution in [0.15, 0.2) is 30.6 Å². The molecular formula is C20H27N3O3. The number of nitrogens with one attached hydrogen (secondary N) is 1. The Balaban J connectivity index is 2.15. The topological polar surface area (TPSA) is 84.3 Å². The maximum absolute atomic E-state index is 11.1. The molecule has 26 heavy (non-hydrogen) atoms. The lowest BCUT2D eigenvalue weighted by Gasteiger charge is -2.31. The summed E-state index contributed by atoms with van der Waals surface area (Å²) in [5.41, 5.74) is 3.09. The van der Waals surface area contributed by atoms with Crippen LogP contribution in [0, 0.1) is 19.8 Å².